The Morgan fingerprint density at radius 3 is 2.78 bits per heavy atom. The molecule has 0 unspecified atom stereocenters. The summed E-state index contributed by atoms with van der Waals surface area (Å²) in [5, 5.41) is 7.91. The van der Waals surface area contributed by atoms with Crippen molar-refractivity contribution in [3.63, 3.8) is 0 Å². The molecule has 5 heteroatoms. The van der Waals surface area contributed by atoms with E-state index < -0.39 is 0 Å². The highest BCUT2D eigenvalue weighted by molar-refractivity contribution is 7.10. The number of anilines is 2. The van der Waals surface area contributed by atoms with Gasteiger partial charge in [0.1, 0.15) is 0 Å². The SMILES string of the molecule is CC(C)CNC(=O)Nc1ccc(N2CCc3sccc3C2)cc1. The van der Waals surface area contributed by atoms with Gasteiger partial charge in [-0.25, -0.2) is 4.79 Å². The summed E-state index contributed by atoms with van der Waals surface area (Å²) in [6.45, 7) is 6.86. The fraction of sp³-hybridized carbons (Fsp3) is 0.389. The lowest BCUT2D eigenvalue weighted by atomic mass is 10.1. The first-order chi connectivity index (χ1) is 11.1. The van der Waals surface area contributed by atoms with Gasteiger partial charge in [0.25, 0.3) is 0 Å². The molecular weight excluding hydrogens is 306 g/mol. The third kappa shape index (κ3) is 4.05. The molecule has 2 amide bonds. The van der Waals surface area contributed by atoms with Crippen LogP contribution in [0.2, 0.25) is 0 Å². The molecular formula is C18H23N3OS. The van der Waals surface area contributed by atoms with Crippen molar-refractivity contribution in [1.29, 1.82) is 0 Å². The Balaban J connectivity index is 1.58. The third-order valence-corrected chi connectivity index (χ3v) is 4.99. The quantitative estimate of drug-likeness (QED) is 0.887. The topological polar surface area (TPSA) is 44.4 Å². The molecule has 0 fully saturated rings. The standard InChI is InChI=1S/C18H23N3OS/c1-13(2)11-19-18(22)20-15-3-5-16(6-4-15)21-9-7-17-14(12-21)8-10-23-17/h3-6,8,10,13H,7,9,11-12H2,1-2H3,(H2,19,20,22). The first-order valence-corrected chi connectivity index (χ1v) is 8.95. The number of amides is 2. The highest BCUT2D eigenvalue weighted by Crippen LogP contribution is 2.28. The Labute approximate surface area is 141 Å². The molecule has 0 spiro atoms. The highest BCUT2D eigenvalue weighted by Gasteiger charge is 2.17. The summed E-state index contributed by atoms with van der Waals surface area (Å²) >= 11 is 1.86. The molecule has 3 rings (SSSR count). The van der Waals surface area contributed by atoms with Crippen LogP contribution >= 0.6 is 11.3 Å². The van der Waals surface area contributed by atoms with Crippen molar-refractivity contribution < 1.29 is 4.79 Å². The number of nitrogens with zero attached hydrogens (tertiary/aromatic N) is 1. The lowest BCUT2D eigenvalue weighted by Crippen LogP contribution is -2.31. The summed E-state index contributed by atoms with van der Waals surface area (Å²) in [6.07, 6.45) is 1.12. The summed E-state index contributed by atoms with van der Waals surface area (Å²) in [7, 11) is 0. The van der Waals surface area contributed by atoms with Crippen LogP contribution in [0.5, 0.6) is 0 Å². The van der Waals surface area contributed by atoms with E-state index in [9.17, 15) is 4.79 Å². The Bertz CT molecular complexity index is 663. The van der Waals surface area contributed by atoms with Crippen LogP contribution in [0.3, 0.4) is 0 Å². The predicted molar refractivity (Wildman–Crippen MR) is 97.4 cm³/mol. The fourth-order valence-electron chi connectivity index (χ4n) is 2.70. The maximum Gasteiger partial charge on any atom is 0.319 e. The fourth-order valence-corrected chi connectivity index (χ4v) is 3.59. The van der Waals surface area contributed by atoms with Crippen LogP contribution in [0.25, 0.3) is 0 Å². The molecule has 4 nitrogen and oxygen atoms in total. The second kappa shape index (κ2) is 7.04. The van der Waals surface area contributed by atoms with Gasteiger partial charge in [0.05, 0.1) is 0 Å². The number of benzene rings is 1. The number of fused-ring (bicyclic) bond motifs is 1. The lowest BCUT2D eigenvalue weighted by molar-refractivity contribution is 0.251. The van der Waals surface area contributed by atoms with Crippen molar-refractivity contribution in [2.45, 2.75) is 26.8 Å². The number of nitrogens with one attached hydrogen (secondary N) is 2. The van der Waals surface area contributed by atoms with Gasteiger partial charge in [-0.3, -0.25) is 0 Å². The molecule has 0 radical (unpaired) electrons. The summed E-state index contributed by atoms with van der Waals surface area (Å²) in [6, 6.07) is 10.2. The molecule has 2 heterocycles. The average molecular weight is 329 g/mol. The summed E-state index contributed by atoms with van der Waals surface area (Å²) in [4.78, 5) is 15.7. The Hall–Kier alpha value is -2.01. The molecule has 1 aromatic heterocycles. The van der Waals surface area contributed by atoms with Gasteiger partial charge >= 0.3 is 6.03 Å². The highest BCUT2D eigenvalue weighted by atomic mass is 32.1. The van der Waals surface area contributed by atoms with Crippen molar-refractivity contribution >= 4 is 28.7 Å². The van der Waals surface area contributed by atoms with E-state index >= 15 is 0 Å². The van der Waals surface area contributed by atoms with Crippen LogP contribution in [0.4, 0.5) is 16.2 Å². The number of urea groups is 1. The molecule has 2 aromatic rings. The van der Waals surface area contributed by atoms with E-state index in [1.807, 2.05) is 23.5 Å². The van der Waals surface area contributed by atoms with Gasteiger partial charge in [-0.2, -0.15) is 0 Å². The average Bonchev–Trinajstić information content (AvgIpc) is 3.01. The minimum atomic E-state index is -0.146. The largest absolute Gasteiger partial charge is 0.367 e. The number of hydrogen-bond donors (Lipinski definition) is 2. The first-order valence-electron chi connectivity index (χ1n) is 8.07. The minimum absolute atomic E-state index is 0.146. The van der Waals surface area contributed by atoms with E-state index in [0.717, 1.165) is 25.2 Å². The van der Waals surface area contributed by atoms with Crippen LogP contribution in [-0.4, -0.2) is 19.1 Å². The molecule has 0 saturated heterocycles. The van der Waals surface area contributed by atoms with Crippen molar-refractivity contribution in [3.05, 3.63) is 46.2 Å². The maximum atomic E-state index is 11.8. The van der Waals surface area contributed by atoms with E-state index in [4.69, 9.17) is 0 Å². The van der Waals surface area contributed by atoms with Crippen LogP contribution in [0.15, 0.2) is 35.7 Å². The normalized spacial score (nSPS) is 13.8. The molecule has 0 atom stereocenters. The van der Waals surface area contributed by atoms with Gasteiger partial charge in [0.15, 0.2) is 0 Å². The zero-order chi connectivity index (χ0) is 16.2. The monoisotopic (exact) mass is 329 g/mol. The molecule has 0 saturated carbocycles. The van der Waals surface area contributed by atoms with E-state index in [2.05, 4.69) is 53.0 Å². The Morgan fingerprint density at radius 1 is 1.26 bits per heavy atom. The van der Waals surface area contributed by atoms with E-state index in [0.29, 0.717) is 12.5 Å². The van der Waals surface area contributed by atoms with Crippen molar-refractivity contribution in [1.82, 2.24) is 5.32 Å². The number of hydrogen-bond acceptors (Lipinski definition) is 3. The molecule has 122 valence electrons. The first kappa shape index (κ1) is 15.9. The predicted octanol–water partition coefficient (Wildman–Crippen LogP) is 4.09. The van der Waals surface area contributed by atoms with Crippen molar-refractivity contribution in [2.75, 3.05) is 23.3 Å². The molecule has 0 bridgehead atoms. The third-order valence-electron chi connectivity index (χ3n) is 3.97. The maximum absolute atomic E-state index is 11.8. The molecule has 1 aromatic carbocycles. The van der Waals surface area contributed by atoms with E-state index in [-0.39, 0.29) is 6.03 Å². The van der Waals surface area contributed by atoms with Crippen LogP contribution < -0.4 is 15.5 Å². The zero-order valence-corrected chi connectivity index (χ0v) is 14.5. The van der Waals surface area contributed by atoms with Gasteiger partial charge in [0, 0.05) is 35.9 Å². The molecule has 1 aliphatic rings. The van der Waals surface area contributed by atoms with E-state index in [1.165, 1.54) is 16.1 Å². The smallest absolute Gasteiger partial charge is 0.319 e. The summed E-state index contributed by atoms with van der Waals surface area (Å²) in [5.41, 5.74) is 3.47. The van der Waals surface area contributed by atoms with Gasteiger partial charge in [0.2, 0.25) is 0 Å². The number of thiophene rings is 1. The second-order valence-electron chi connectivity index (χ2n) is 6.32. The van der Waals surface area contributed by atoms with Gasteiger partial charge in [-0.05, 0) is 53.6 Å². The van der Waals surface area contributed by atoms with Crippen LogP contribution in [0.1, 0.15) is 24.3 Å². The van der Waals surface area contributed by atoms with E-state index in [1.54, 1.807) is 0 Å². The van der Waals surface area contributed by atoms with Crippen molar-refractivity contribution in [2.24, 2.45) is 5.92 Å². The Morgan fingerprint density at radius 2 is 2.04 bits per heavy atom. The number of carbonyl (C=O) groups excluding carboxylic acids is 1. The Kier molecular flexibility index (Phi) is 4.86. The molecule has 0 aliphatic carbocycles. The molecule has 23 heavy (non-hydrogen) atoms. The zero-order valence-electron chi connectivity index (χ0n) is 13.6. The van der Waals surface area contributed by atoms with Crippen LogP contribution in [0, 0.1) is 5.92 Å². The van der Waals surface area contributed by atoms with Gasteiger partial charge < -0.3 is 15.5 Å². The number of rotatable bonds is 4. The number of carbonyl (C=O) groups is 1. The molecule has 2 N–H and O–H groups in total. The van der Waals surface area contributed by atoms with Gasteiger partial charge in [-0.15, -0.1) is 11.3 Å². The second-order valence-corrected chi connectivity index (χ2v) is 7.32. The van der Waals surface area contributed by atoms with Crippen LogP contribution in [-0.2, 0) is 13.0 Å². The summed E-state index contributed by atoms with van der Waals surface area (Å²) in [5.74, 6) is 0.448. The van der Waals surface area contributed by atoms with Crippen molar-refractivity contribution in [3.8, 4) is 0 Å². The lowest BCUT2D eigenvalue weighted by Gasteiger charge is -2.29. The minimum Gasteiger partial charge on any atom is -0.367 e. The summed E-state index contributed by atoms with van der Waals surface area (Å²) < 4.78 is 0. The van der Waals surface area contributed by atoms with Gasteiger partial charge in [-0.1, -0.05) is 13.8 Å². The molecule has 1 aliphatic heterocycles.